The summed E-state index contributed by atoms with van der Waals surface area (Å²) in [6, 6.07) is 0.489. The Balaban J connectivity index is 0.00000106. The van der Waals surface area contributed by atoms with E-state index in [4.69, 9.17) is 0 Å². The van der Waals surface area contributed by atoms with Gasteiger partial charge in [-0.1, -0.05) is 20.8 Å². The molecule has 0 bridgehead atoms. The Morgan fingerprint density at radius 3 is 2.19 bits per heavy atom. The first-order chi connectivity index (χ1) is 7.65. The normalized spacial score (nSPS) is 17.6. The van der Waals surface area contributed by atoms with Crippen LogP contribution in [0.15, 0.2) is 0 Å². The third kappa shape index (κ3) is 4.97. The summed E-state index contributed by atoms with van der Waals surface area (Å²) in [6.45, 7) is 11.0. The minimum atomic E-state index is 0.237. The molecule has 0 unspecified atom stereocenters. The lowest BCUT2D eigenvalue weighted by atomic mass is 10.0. The van der Waals surface area contributed by atoms with Crippen molar-refractivity contribution in [2.75, 3.05) is 26.7 Å². The number of hydrogen-bond acceptors (Lipinski definition) is 2. The molecule has 16 heavy (non-hydrogen) atoms. The first-order valence-electron chi connectivity index (χ1n) is 6.61. The Bertz CT molecular complexity index is 186. The average Bonchev–Trinajstić information content (AvgIpc) is 2.30. The van der Waals surface area contributed by atoms with Gasteiger partial charge in [-0.15, -0.1) is 0 Å². The van der Waals surface area contributed by atoms with Crippen LogP contribution in [0, 0.1) is 0 Å². The van der Waals surface area contributed by atoms with Gasteiger partial charge in [-0.3, -0.25) is 4.79 Å². The van der Waals surface area contributed by atoms with Gasteiger partial charge in [0.25, 0.3) is 0 Å². The van der Waals surface area contributed by atoms with Crippen LogP contribution in [0.2, 0.25) is 0 Å². The van der Waals surface area contributed by atoms with Crippen molar-refractivity contribution in [3.8, 4) is 0 Å². The fourth-order valence-electron chi connectivity index (χ4n) is 2.14. The van der Waals surface area contributed by atoms with E-state index in [0.29, 0.717) is 6.04 Å². The molecule has 0 radical (unpaired) electrons. The molecular weight excluding hydrogens is 200 g/mol. The van der Waals surface area contributed by atoms with Gasteiger partial charge in [0.15, 0.2) is 0 Å². The highest BCUT2D eigenvalue weighted by Gasteiger charge is 2.23. The molecule has 3 nitrogen and oxygen atoms in total. The van der Waals surface area contributed by atoms with Crippen molar-refractivity contribution in [1.82, 2.24) is 9.80 Å². The van der Waals surface area contributed by atoms with Crippen LogP contribution in [0.4, 0.5) is 0 Å². The largest absolute Gasteiger partial charge is 0.340 e. The molecule has 0 spiro atoms. The van der Waals surface area contributed by atoms with E-state index in [-0.39, 0.29) is 5.91 Å². The fourth-order valence-corrected chi connectivity index (χ4v) is 2.14. The van der Waals surface area contributed by atoms with Gasteiger partial charge in [0, 0.05) is 19.5 Å². The van der Waals surface area contributed by atoms with Crippen molar-refractivity contribution < 1.29 is 4.79 Å². The minimum absolute atomic E-state index is 0.237. The van der Waals surface area contributed by atoms with Crippen LogP contribution in [0.3, 0.4) is 0 Å². The first-order valence-corrected chi connectivity index (χ1v) is 6.61. The molecule has 0 atom stereocenters. The highest BCUT2D eigenvalue weighted by molar-refractivity contribution is 5.73. The van der Waals surface area contributed by atoms with Crippen molar-refractivity contribution in [1.29, 1.82) is 0 Å². The van der Waals surface area contributed by atoms with Crippen molar-refractivity contribution in [2.24, 2.45) is 0 Å². The molecule has 1 amide bonds. The van der Waals surface area contributed by atoms with Crippen LogP contribution in [0.1, 0.15) is 47.0 Å². The number of likely N-dealkylation sites (tertiary alicyclic amines) is 1. The van der Waals surface area contributed by atoms with E-state index in [2.05, 4.69) is 18.9 Å². The molecule has 0 aromatic heterocycles. The van der Waals surface area contributed by atoms with E-state index in [1.54, 1.807) is 6.92 Å². The summed E-state index contributed by atoms with van der Waals surface area (Å²) in [7, 11) is 2.15. The third-order valence-electron chi connectivity index (χ3n) is 3.00. The quantitative estimate of drug-likeness (QED) is 0.740. The second kappa shape index (κ2) is 8.57. The predicted octanol–water partition coefficient (Wildman–Crippen LogP) is 2.37. The maximum Gasteiger partial charge on any atom is 0.219 e. The van der Waals surface area contributed by atoms with E-state index in [9.17, 15) is 4.79 Å². The fraction of sp³-hybridized carbons (Fsp3) is 0.923. The zero-order chi connectivity index (χ0) is 12.6. The molecule has 1 heterocycles. The van der Waals surface area contributed by atoms with E-state index in [1.807, 2.05) is 18.7 Å². The third-order valence-corrected chi connectivity index (χ3v) is 3.00. The van der Waals surface area contributed by atoms with E-state index < -0.39 is 0 Å². The van der Waals surface area contributed by atoms with Gasteiger partial charge in [-0.05, 0) is 39.4 Å². The van der Waals surface area contributed by atoms with Crippen molar-refractivity contribution in [2.45, 2.75) is 53.0 Å². The number of carbonyl (C=O) groups excluding carboxylic acids is 1. The number of rotatable bonds is 3. The van der Waals surface area contributed by atoms with Gasteiger partial charge in [0.1, 0.15) is 0 Å². The first kappa shape index (κ1) is 15.4. The SMILES string of the molecule is CC.CCCN(C(C)=O)C1CCN(C)CC1. The lowest BCUT2D eigenvalue weighted by Gasteiger charge is -2.36. The smallest absolute Gasteiger partial charge is 0.219 e. The molecule has 0 aromatic carbocycles. The molecule has 1 aliphatic heterocycles. The monoisotopic (exact) mass is 228 g/mol. The van der Waals surface area contributed by atoms with Crippen LogP contribution in [-0.4, -0.2) is 48.4 Å². The molecule has 3 heteroatoms. The van der Waals surface area contributed by atoms with Crippen LogP contribution in [0.5, 0.6) is 0 Å². The lowest BCUT2D eigenvalue weighted by molar-refractivity contribution is -0.132. The number of nitrogens with zero attached hydrogens (tertiary/aromatic N) is 2. The van der Waals surface area contributed by atoms with Gasteiger partial charge in [-0.25, -0.2) is 0 Å². The highest BCUT2D eigenvalue weighted by atomic mass is 16.2. The Morgan fingerprint density at radius 1 is 1.31 bits per heavy atom. The summed E-state index contributed by atoms with van der Waals surface area (Å²) in [6.07, 6.45) is 3.33. The molecule has 0 N–H and O–H groups in total. The number of piperidine rings is 1. The second-order valence-corrected chi connectivity index (χ2v) is 4.25. The Hall–Kier alpha value is -0.570. The molecule has 1 saturated heterocycles. The van der Waals surface area contributed by atoms with Crippen LogP contribution >= 0.6 is 0 Å². The molecule has 0 aromatic rings. The summed E-state index contributed by atoms with van der Waals surface area (Å²) in [5, 5.41) is 0. The number of hydrogen-bond donors (Lipinski definition) is 0. The predicted molar refractivity (Wildman–Crippen MR) is 69.5 cm³/mol. The van der Waals surface area contributed by atoms with E-state index in [1.165, 1.54) is 0 Å². The van der Waals surface area contributed by atoms with Crippen molar-refractivity contribution >= 4 is 5.91 Å². The number of carbonyl (C=O) groups is 1. The van der Waals surface area contributed by atoms with Gasteiger partial charge < -0.3 is 9.80 Å². The summed E-state index contributed by atoms with van der Waals surface area (Å²) < 4.78 is 0. The van der Waals surface area contributed by atoms with E-state index in [0.717, 1.165) is 38.9 Å². The lowest BCUT2D eigenvalue weighted by Crippen LogP contribution is -2.46. The minimum Gasteiger partial charge on any atom is -0.340 e. The maximum atomic E-state index is 11.4. The van der Waals surface area contributed by atoms with E-state index >= 15 is 0 Å². The maximum absolute atomic E-state index is 11.4. The summed E-state index contributed by atoms with van der Waals surface area (Å²) in [5.41, 5.74) is 0. The molecule has 96 valence electrons. The topological polar surface area (TPSA) is 23.6 Å². The second-order valence-electron chi connectivity index (χ2n) is 4.25. The van der Waals surface area contributed by atoms with Gasteiger partial charge in [0.2, 0.25) is 5.91 Å². The Kier molecular flexibility index (Phi) is 8.26. The van der Waals surface area contributed by atoms with Crippen LogP contribution < -0.4 is 0 Å². The van der Waals surface area contributed by atoms with Crippen LogP contribution in [0.25, 0.3) is 0 Å². The highest BCUT2D eigenvalue weighted by Crippen LogP contribution is 2.15. The molecule has 0 saturated carbocycles. The summed E-state index contributed by atoms with van der Waals surface area (Å²) in [4.78, 5) is 15.8. The van der Waals surface area contributed by atoms with Crippen molar-refractivity contribution in [3.05, 3.63) is 0 Å². The van der Waals surface area contributed by atoms with Crippen molar-refractivity contribution in [3.63, 3.8) is 0 Å². The number of amides is 1. The molecular formula is C13H28N2O. The summed E-state index contributed by atoms with van der Waals surface area (Å²) in [5.74, 6) is 0.237. The zero-order valence-corrected chi connectivity index (χ0v) is 11.6. The molecule has 1 fully saturated rings. The molecule has 1 rings (SSSR count). The summed E-state index contributed by atoms with van der Waals surface area (Å²) >= 11 is 0. The zero-order valence-electron chi connectivity index (χ0n) is 11.6. The van der Waals surface area contributed by atoms with Crippen LogP contribution in [-0.2, 0) is 4.79 Å². The Labute approximate surface area is 101 Å². The standard InChI is InChI=1S/C11H22N2O.C2H6/c1-4-7-13(10(2)14)11-5-8-12(3)9-6-11;1-2/h11H,4-9H2,1-3H3;1-2H3. The molecule has 0 aliphatic carbocycles. The van der Waals surface area contributed by atoms with Gasteiger partial charge in [0.05, 0.1) is 0 Å². The van der Waals surface area contributed by atoms with Gasteiger partial charge in [-0.2, -0.15) is 0 Å². The average molecular weight is 228 g/mol. The Morgan fingerprint density at radius 2 is 1.81 bits per heavy atom. The molecule has 1 aliphatic rings. The van der Waals surface area contributed by atoms with Gasteiger partial charge >= 0.3 is 0 Å².